The summed E-state index contributed by atoms with van der Waals surface area (Å²) >= 11 is 1.63. The Bertz CT molecular complexity index is 1050. The van der Waals surface area contributed by atoms with Crippen molar-refractivity contribution in [2.24, 2.45) is 0 Å². The molecule has 3 heterocycles. The number of hydrogen-bond acceptors (Lipinski definition) is 6. The van der Waals surface area contributed by atoms with Gasteiger partial charge in [-0.25, -0.2) is 14.2 Å². The van der Waals surface area contributed by atoms with Gasteiger partial charge in [-0.15, -0.1) is 11.8 Å². The number of pyridine rings is 1. The van der Waals surface area contributed by atoms with E-state index >= 15 is 0 Å². The molecule has 1 N–H and O–H groups in total. The number of imidazole rings is 1. The standard InChI is InChI=1S/C21H22FN3O3S/c1-27-21(26)13-3-4-16(17(22)9-13)20-18(10-14-12-23-6-8-28-14)25-7-5-15(29-2)11-19(25)24-20/h3-5,7,9,11,14,23H,6,8,10,12H2,1-2H3/t14-/m0/s1. The Morgan fingerprint density at radius 1 is 1.41 bits per heavy atom. The van der Waals surface area contributed by atoms with E-state index in [1.807, 2.05) is 29.0 Å². The molecular formula is C21H22FN3O3S. The fraction of sp³-hybridized carbons (Fsp3) is 0.333. The zero-order valence-electron chi connectivity index (χ0n) is 16.3. The SMILES string of the molecule is COC(=O)c1ccc(-c2nc3cc(SC)ccn3c2C[C@H]2CNCCO2)c(F)c1. The monoisotopic (exact) mass is 415 g/mol. The van der Waals surface area contributed by atoms with Crippen LogP contribution in [0.4, 0.5) is 4.39 Å². The first-order chi connectivity index (χ1) is 14.1. The maximum atomic E-state index is 15.0. The van der Waals surface area contributed by atoms with E-state index in [2.05, 4.69) is 10.1 Å². The molecule has 0 aliphatic carbocycles. The second-order valence-corrected chi connectivity index (χ2v) is 7.67. The van der Waals surface area contributed by atoms with Gasteiger partial charge in [0.15, 0.2) is 0 Å². The Morgan fingerprint density at radius 2 is 2.28 bits per heavy atom. The van der Waals surface area contributed by atoms with E-state index in [1.165, 1.54) is 13.2 Å². The molecule has 6 nitrogen and oxygen atoms in total. The van der Waals surface area contributed by atoms with Gasteiger partial charge in [0.1, 0.15) is 11.5 Å². The minimum atomic E-state index is -0.572. The molecule has 0 spiro atoms. The number of methoxy groups -OCH3 is 1. The second-order valence-electron chi connectivity index (χ2n) is 6.79. The number of aromatic nitrogens is 2. The van der Waals surface area contributed by atoms with Crippen LogP contribution in [0.1, 0.15) is 16.1 Å². The second kappa shape index (κ2) is 8.52. The van der Waals surface area contributed by atoms with Gasteiger partial charge in [0.05, 0.1) is 36.8 Å². The first kappa shape index (κ1) is 19.9. The Labute approximate surface area is 172 Å². The molecule has 0 saturated carbocycles. The molecule has 29 heavy (non-hydrogen) atoms. The highest BCUT2D eigenvalue weighted by Gasteiger charge is 2.23. The lowest BCUT2D eigenvalue weighted by atomic mass is 10.0. The summed E-state index contributed by atoms with van der Waals surface area (Å²) in [6, 6.07) is 8.34. The van der Waals surface area contributed by atoms with Crippen LogP contribution in [0.2, 0.25) is 0 Å². The Balaban J connectivity index is 1.81. The minimum absolute atomic E-state index is 0.0139. The predicted molar refractivity (Wildman–Crippen MR) is 110 cm³/mol. The van der Waals surface area contributed by atoms with E-state index in [1.54, 1.807) is 23.9 Å². The smallest absolute Gasteiger partial charge is 0.337 e. The first-order valence-corrected chi connectivity index (χ1v) is 10.6. The summed E-state index contributed by atoms with van der Waals surface area (Å²) in [7, 11) is 1.27. The minimum Gasteiger partial charge on any atom is -0.465 e. The molecule has 2 aromatic heterocycles. The number of nitrogens with one attached hydrogen (secondary N) is 1. The average molecular weight is 415 g/mol. The van der Waals surface area contributed by atoms with Crippen LogP contribution in [0.25, 0.3) is 16.9 Å². The van der Waals surface area contributed by atoms with E-state index < -0.39 is 11.8 Å². The highest BCUT2D eigenvalue weighted by Crippen LogP contribution is 2.30. The van der Waals surface area contributed by atoms with Crippen LogP contribution < -0.4 is 5.32 Å². The molecule has 1 aliphatic rings. The third-order valence-corrected chi connectivity index (χ3v) is 5.73. The summed E-state index contributed by atoms with van der Waals surface area (Å²) < 4.78 is 27.5. The zero-order chi connectivity index (χ0) is 20.4. The lowest BCUT2D eigenvalue weighted by molar-refractivity contribution is 0.0286. The number of fused-ring (bicyclic) bond motifs is 1. The number of esters is 1. The van der Waals surface area contributed by atoms with Gasteiger partial charge in [0.25, 0.3) is 0 Å². The van der Waals surface area contributed by atoms with Crippen LogP contribution in [0.15, 0.2) is 41.4 Å². The summed E-state index contributed by atoms with van der Waals surface area (Å²) in [6.45, 7) is 2.21. The average Bonchev–Trinajstić information content (AvgIpc) is 3.10. The topological polar surface area (TPSA) is 64.9 Å². The number of thioether (sulfide) groups is 1. The van der Waals surface area contributed by atoms with Crippen molar-refractivity contribution in [1.82, 2.24) is 14.7 Å². The summed E-state index contributed by atoms with van der Waals surface area (Å²) in [5.74, 6) is -1.08. The van der Waals surface area contributed by atoms with Gasteiger partial charge in [-0.3, -0.25) is 0 Å². The third-order valence-electron chi connectivity index (χ3n) is 5.00. The number of hydrogen-bond donors (Lipinski definition) is 1. The van der Waals surface area contributed by atoms with Gasteiger partial charge in [-0.05, 0) is 36.6 Å². The van der Waals surface area contributed by atoms with Crippen LogP contribution in [0.3, 0.4) is 0 Å². The Kier molecular flexibility index (Phi) is 5.84. The molecule has 1 aromatic carbocycles. The highest BCUT2D eigenvalue weighted by atomic mass is 32.2. The van der Waals surface area contributed by atoms with Crippen LogP contribution in [0, 0.1) is 5.82 Å². The lowest BCUT2D eigenvalue weighted by Crippen LogP contribution is -2.39. The van der Waals surface area contributed by atoms with Crippen molar-refractivity contribution in [3.8, 4) is 11.3 Å². The van der Waals surface area contributed by atoms with Crippen molar-refractivity contribution in [2.75, 3.05) is 33.1 Å². The predicted octanol–water partition coefficient (Wildman–Crippen LogP) is 3.18. The molecule has 4 rings (SSSR count). The molecule has 1 fully saturated rings. The molecular weight excluding hydrogens is 393 g/mol. The summed E-state index contributed by atoms with van der Waals surface area (Å²) in [5, 5.41) is 3.33. The van der Waals surface area contributed by atoms with Crippen molar-refractivity contribution < 1.29 is 18.7 Å². The quantitative estimate of drug-likeness (QED) is 0.510. The normalized spacial score (nSPS) is 16.9. The van der Waals surface area contributed by atoms with Crippen LogP contribution in [0.5, 0.6) is 0 Å². The van der Waals surface area contributed by atoms with Gasteiger partial charge in [-0.2, -0.15) is 0 Å². The van der Waals surface area contributed by atoms with Crippen LogP contribution >= 0.6 is 11.8 Å². The van der Waals surface area contributed by atoms with Crippen molar-refractivity contribution in [2.45, 2.75) is 17.4 Å². The number of halogens is 1. The molecule has 3 aromatic rings. The molecule has 1 atom stereocenters. The molecule has 0 radical (unpaired) electrons. The Hall–Kier alpha value is -2.42. The van der Waals surface area contributed by atoms with Gasteiger partial charge in [0, 0.05) is 36.2 Å². The maximum absolute atomic E-state index is 15.0. The summed E-state index contributed by atoms with van der Waals surface area (Å²) in [6.07, 6.45) is 4.55. The van der Waals surface area contributed by atoms with E-state index in [9.17, 15) is 9.18 Å². The number of morpholine rings is 1. The molecule has 0 unspecified atom stereocenters. The number of rotatable bonds is 5. The fourth-order valence-electron chi connectivity index (χ4n) is 3.53. The number of carbonyl (C=O) groups is 1. The van der Waals surface area contributed by atoms with Crippen LogP contribution in [-0.4, -0.2) is 54.5 Å². The number of ether oxygens (including phenoxy) is 2. The highest BCUT2D eigenvalue weighted by molar-refractivity contribution is 7.98. The van der Waals surface area contributed by atoms with E-state index in [0.717, 1.165) is 29.3 Å². The number of benzene rings is 1. The van der Waals surface area contributed by atoms with Crippen molar-refractivity contribution >= 4 is 23.4 Å². The summed E-state index contributed by atoms with van der Waals surface area (Å²) in [4.78, 5) is 17.5. The van der Waals surface area contributed by atoms with Crippen LogP contribution in [-0.2, 0) is 15.9 Å². The number of carbonyl (C=O) groups excluding carboxylic acids is 1. The molecule has 1 aliphatic heterocycles. The Morgan fingerprint density at radius 3 is 2.97 bits per heavy atom. The molecule has 1 saturated heterocycles. The van der Waals surface area contributed by atoms with E-state index in [4.69, 9.17) is 9.72 Å². The van der Waals surface area contributed by atoms with Gasteiger partial charge >= 0.3 is 5.97 Å². The number of nitrogens with zero attached hydrogens (tertiary/aromatic N) is 2. The van der Waals surface area contributed by atoms with Crippen molar-refractivity contribution in [3.63, 3.8) is 0 Å². The maximum Gasteiger partial charge on any atom is 0.337 e. The summed E-state index contributed by atoms with van der Waals surface area (Å²) in [5.41, 5.74) is 2.72. The molecule has 0 bridgehead atoms. The largest absolute Gasteiger partial charge is 0.465 e. The van der Waals surface area contributed by atoms with Gasteiger partial charge in [-0.1, -0.05) is 0 Å². The van der Waals surface area contributed by atoms with Gasteiger partial charge in [0.2, 0.25) is 0 Å². The van der Waals surface area contributed by atoms with Crippen molar-refractivity contribution in [3.05, 3.63) is 53.6 Å². The van der Waals surface area contributed by atoms with Crippen molar-refractivity contribution in [1.29, 1.82) is 0 Å². The molecule has 152 valence electrons. The first-order valence-electron chi connectivity index (χ1n) is 9.36. The van der Waals surface area contributed by atoms with E-state index in [0.29, 0.717) is 24.3 Å². The zero-order valence-corrected chi connectivity index (χ0v) is 17.1. The lowest BCUT2D eigenvalue weighted by Gasteiger charge is -2.23. The molecule has 8 heteroatoms. The molecule has 0 amide bonds. The van der Waals surface area contributed by atoms with Gasteiger partial charge < -0.3 is 19.2 Å². The third kappa shape index (κ3) is 4.01. The van der Waals surface area contributed by atoms with E-state index in [-0.39, 0.29) is 11.7 Å². The fourth-order valence-corrected chi connectivity index (χ4v) is 3.95.